The number of rotatable bonds is 3. The molecule has 84 valence electrons. The van der Waals surface area contributed by atoms with Gasteiger partial charge in [-0.25, -0.2) is 4.98 Å². The quantitative estimate of drug-likeness (QED) is 0.828. The third-order valence-electron chi connectivity index (χ3n) is 2.22. The van der Waals surface area contributed by atoms with Gasteiger partial charge in [0.05, 0.1) is 12.8 Å². The molecular weight excluding hydrogens is 222 g/mol. The number of aromatic nitrogens is 2. The Hall–Kier alpha value is -1.62. The van der Waals surface area contributed by atoms with Gasteiger partial charge in [0.1, 0.15) is 5.75 Å². The summed E-state index contributed by atoms with van der Waals surface area (Å²) in [6, 6.07) is 5.72. The Morgan fingerprint density at radius 2 is 2.25 bits per heavy atom. The van der Waals surface area contributed by atoms with E-state index in [1.165, 1.54) is 11.8 Å². The highest BCUT2D eigenvalue weighted by molar-refractivity contribution is 7.99. The molecule has 0 saturated heterocycles. The molecule has 0 aliphatic rings. The molecule has 0 aliphatic heterocycles. The Morgan fingerprint density at radius 3 is 2.88 bits per heavy atom. The van der Waals surface area contributed by atoms with Gasteiger partial charge in [-0.2, -0.15) is 0 Å². The van der Waals surface area contributed by atoms with E-state index in [4.69, 9.17) is 10.5 Å². The maximum atomic E-state index is 5.98. The number of ether oxygens (including phenoxy) is 1. The first-order valence-electron chi connectivity index (χ1n) is 4.80. The molecule has 0 bridgehead atoms. The van der Waals surface area contributed by atoms with Crippen LogP contribution in [0, 0.1) is 0 Å². The topological polar surface area (TPSA) is 53.1 Å². The standard InChI is InChI=1S/C11H13N3OS/c1-14-7-6-13-11(14)16-9-5-3-4-8(15-2)10(9)12/h3-7H,12H2,1-2H3. The normalized spacial score (nSPS) is 10.4. The van der Waals surface area contributed by atoms with Crippen LogP contribution in [-0.4, -0.2) is 16.7 Å². The first kappa shape index (κ1) is 10.9. The van der Waals surface area contributed by atoms with Gasteiger partial charge in [-0.3, -0.25) is 0 Å². The molecule has 0 amide bonds. The van der Waals surface area contributed by atoms with E-state index >= 15 is 0 Å². The lowest BCUT2D eigenvalue weighted by molar-refractivity contribution is 0.416. The molecule has 0 radical (unpaired) electrons. The molecule has 1 aromatic carbocycles. The monoisotopic (exact) mass is 235 g/mol. The lowest BCUT2D eigenvalue weighted by Crippen LogP contribution is -1.95. The zero-order valence-corrected chi connectivity index (χ0v) is 9.99. The fourth-order valence-corrected chi connectivity index (χ4v) is 2.21. The maximum absolute atomic E-state index is 5.98. The van der Waals surface area contributed by atoms with E-state index in [9.17, 15) is 0 Å². The third-order valence-corrected chi connectivity index (χ3v) is 3.38. The van der Waals surface area contributed by atoms with Crippen molar-refractivity contribution in [1.29, 1.82) is 0 Å². The summed E-state index contributed by atoms with van der Waals surface area (Å²) in [6.45, 7) is 0. The van der Waals surface area contributed by atoms with Gasteiger partial charge in [0.2, 0.25) is 0 Å². The molecule has 1 aromatic heterocycles. The largest absolute Gasteiger partial charge is 0.495 e. The van der Waals surface area contributed by atoms with Crippen molar-refractivity contribution in [3.63, 3.8) is 0 Å². The Balaban J connectivity index is 2.32. The molecule has 0 unspecified atom stereocenters. The summed E-state index contributed by atoms with van der Waals surface area (Å²) < 4.78 is 7.12. The van der Waals surface area contributed by atoms with E-state index in [0.29, 0.717) is 11.4 Å². The number of methoxy groups -OCH3 is 1. The summed E-state index contributed by atoms with van der Waals surface area (Å²) in [5, 5.41) is 0.903. The Kier molecular flexibility index (Phi) is 3.05. The molecule has 1 heterocycles. The van der Waals surface area contributed by atoms with Gasteiger partial charge < -0.3 is 15.0 Å². The van der Waals surface area contributed by atoms with Gasteiger partial charge >= 0.3 is 0 Å². The molecule has 5 heteroatoms. The molecule has 0 saturated carbocycles. The average molecular weight is 235 g/mol. The molecular formula is C11H13N3OS. The van der Waals surface area contributed by atoms with E-state index in [0.717, 1.165) is 10.1 Å². The SMILES string of the molecule is COc1cccc(Sc2nccn2C)c1N. The van der Waals surface area contributed by atoms with Crippen LogP contribution in [0.4, 0.5) is 5.69 Å². The van der Waals surface area contributed by atoms with E-state index in [2.05, 4.69) is 4.98 Å². The minimum atomic E-state index is 0.651. The summed E-state index contributed by atoms with van der Waals surface area (Å²) in [5.41, 5.74) is 6.63. The van der Waals surface area contributed by atoms with Gasteiger partial charge in [0, 0.05) is 24.3 Å². The smallest absolute Gasteiger partial charge is 0.172 e. The second-order valence-corrected chi connectivity index (χ2v) is 4.30. The molecule has 0 aliphatic carbocycles. The van der Waals surface area contributed by atoms with Gasteiger partial charge in [0.15, 0.2) is 5.16 Å². The zero-order valence-electron chi connectivity index (χ0n) is 9.18. The van der Waals surface area contributed by atoms with Crippen LogP contribution in [0.25, 0.3) is 0 Å². The summed E-state index contributed by atoms with van der Waals surface area (Å²) in [5.74, 6) is 0.694. The Bertz CT molecular complexity index is 496. The lowest BCUT2D eigenvalue weighted by atomic mass is 10.3. The number of benzene rings is 1. The molecule has 0 fully saturated rings. The van der Waals surface area contributed by atoms with Crippen molar-refractivity contribution in [2.24, 2.45) is 7.05 Å². The maximum Gasteiger partial charge on any atom is 0.172 e. The number of hydrogen-bond acceptors (Lipinski definition) is 4. The minimum absolute atomic E-state index is 0.651. The third kappa shape index (κ3) is 1.99. The van der Waals surface area contributed by atoms with E-state index in [-0.39, 0.29) is 0 Å². The summed E-state index contributed by atoms with van der Waals surface area (Å²) >= 11 is 1.52. The Labute approximate surface area is 98.4 Å². The average Bonchev–Trinajstić information content (AvgIpc) is 2.68. The molecule has 2 rings (SSSR count). The highest BCUT2D eigenvalue weighted by atomic mass is 32.2. The lowest BCUT2D eigenvalue weighted by Gasteiger charge is -2.08. The molecule has 2 N–H and O–H groups in total. The van der Waals surface area contributed by atoms with Gasteiger partial charge in [0.25, 0.3) is 0 Å². The van der Waals surface area contributed by atoms with Crippen LogP contribution in [0.1, 0.15) is 0 Å². The number of anilines is 1. The predicted molar refractivity (Wildman–Crippen MR) is 64.7 cm³/mol. The molecule has 2 aromatic rings. The number of nitrogens with zero attached hydrogens (tertiary/aromatic N) is 2. The zero-order chi connectivity index (χ0) is 11.5. The van der Waals surface area contributed by atoms with Crippen LogP contribution in [0.5, 0.6) is 5.75 Å². The van der Waals surface area contributed by atoms with Crippen molar-refractivity contribution in [1.82, 2.24) is 9.55 Å². The predicted octanol–water partition coefficient (Wildman–Crippen LogP) is 2.16. The highest BCUT2D eigenvalue weighted by Crippen LogP contribution is 2.35. The number of aryl methyl sites for hydroxylation is 1. The minimum Gasteiger partial charge on any atom is -0.495 e. The van der Waals surface area contributed by atoms with Crippen molar-refractivity contribution in [3.05, 3.63) is 30.6 Å². The second-order valence-electron chi connectivity index (χ2n) is 3.29. The van der Waals surface area contributed by atoms with Crippen molar-refractivity contribution in [2.45, 2.75) is 10.1 Å². The van der Waals surface area contributed by atoms with Gasteiger partial charge in [-0.1, -0.05) is 6.07 Å². The first-order valence-corrected chi connectivity index (χ1v) is 5.61. The number of imidazole rings is 1. The van der Waals surface area contributed by atoms with Crippen molar-refractivity contribution >= 4 is 17.4 Å². The fraction of sp³-hybridized carbons (Fsp3) is 0.182. The Morgan fingerprint density at radius 1 is 1.44 bits per heavy atom. The van der Waals surface area contributed by atoms with Gasteiger partial charge in [-0.05, 0) is 23.9 Å². The number of nitrogens with two attached hydrogens (primary N) is 1. The molecule has 16 heavy (non-hydrogen) atoms. The van der Waals surface area contributed by atoms with Gasteiger partial charge in [-0.15, -0.1) is 0 Å². The van der Waals surface area contributed by atoms with Crippen LogP contribution >= 0.6 is 11.8 Å². The van der Waals surface area contributed by atoms with Crippen molar-refractivity contribution in [2.75, 3.05) is 12.8 Å². The molecule has 4 nitrogen and oxygen atoms in total. The van der Waals surface area contributed by atoms with E-state index < -0.39 is 0 Å². The van der Waals surface area contributed by atoms with Crippen LogP contribution in [0.3, 0.4) is 0 Å². The number of hydrogen-bond donors (Lipinski definition) is 1. The number of para-hydroxylation sites is 1. The van der Waals surface area contributed by atoms with Crippen LogP contribution in [0.2, 0.25) is 0 Å². The van der Waals surface area contributed by atoms with Crippen molar-refractivity contribution in [3.8, 4) is 5.75 Å². The van der Waals surface area contributed by atoms with Crippen molar-refractivity contribution < 1.29 is 4.74 Å². The van der Waals surface area contributed by atoms with Crippen LogP contribution < -0.4 is 10.5 Å². The molecule has 0 atom stereocenters. The molecule has 0 spiro atoms. The second kappa shape index (κ2) is 4.49. The summed E-state index contributed by atoms with van der Waals surface area (Å²) in [6.07, 6.45) is 3.66. The van der Waals surface area contributed by atoms with E-state index in [1.54, 1.807) is 13.3 Å². The van der Waals surface area contributed by atoms with Crippen LogP contribution in [-0.2, 0) is 7.05 Å². The fourth-order valence-electron chi connectivity index (χ4n) is 1.34. The van der Waals surface area contributed by atoms with Crippen LogP contribution in [0.15, 0.2) is 40.6 Å². The number of nitrogen functional groups attached to an aromatic ring is 1. The summed E-state index contributed by atoms with van der Waals surface area (Å²) in [7, 11) is 3.56. The van der Waals surface area contributed by atoms with E-state index in [1.807, 2.05) is 36.0 Å². The first-order chi connectivity index (χ1) is 7.72. The summed E-state index contributed by atoms with van der Waals surface area (Å²) in [4.78, 5) is 5.19. The highest BCUT2D eigenvalue weighted by Gasteiger charge is 2.08.